The van der Waals surface area contributed by atoms with Gasteiger partial charge in [-0.3, -0.25) is 0 Å². The third-order valence-corrected chi connectivity index (χ3v) is 4.27. The highest BCUT2D eigenvalue weighted by Crippen LogP contribution is 2.41. The second-order valence-electron chi connectivity index (χ2n) is 5.83. The van der Waals surface area contributed by atoms with Crippen LogP contribution in [0.25, 0.3) is 0 Å². The van der Waals surface area contributed by atoms with Gasteiger partial charge in [0.25, 0.3) is 0 Å². The smallest absolute Gasteiger partial charge is 0.392 e. The van der Waals surface area contributed by atoms with Crippen LogP contribution in [0.3, 0.4) is 0 Å². The average Bonchev–Trinajstić information content (AvgIpc) is 2.47. The molecule has 122 valence electrons. The molecule has 0 saturated heterocycles. The van der Waals surface area contributed by atoms with Crippen LogP contribution in [0.2, 0.25) is 0 Å². The normalized spacial score (nSPS) is 22.5. The lowest BCUT2D eigenvalue weighted by molar-refractivity contribution is -0.195. The second kappa shape index (κ2) is 7.13. The summed E-state index contributed by atoms with van der Waals surface area (Å²) in [5, 5.41) is 11.9. The van der Waals surface area contributed by atoms with Crippen molar-refractivity contribution < 1.29 is 23.1 Å². The fraction of sp³-hybridized carbons (Fsp3) is 0.562. The Bertz CT molecular complexity index is 499. The summed E-state index contributed by atoms with van der Waals surface area (Å²) in [5.74, 6) is -2.56. The fourth-order valence-electron chi connectivity index (χ4n) is 3.05. The van der Waals surface area contributed by atoms with E-state index in [0.29, 0.717) is 25.9 Å². The molecule has 22 heavy (non-hydrogen) atoms. The van der Waals surface area contributed by atoms with E-state index < -0.39 is 18.1 Å². The highest BCUT2D eigenvalue weighted by Gasteiger charge is 2.44. The zero-order valence-corrected chi connectivity index (χ0v) is 12.2. The highest BCUT2D eigenvalue weighted by atomic mass is 19.4. The highest BCUT2D eigenvalue weighted by molar-refractivity contribution is 5.87. The van der Waals surface area contributed by atoms with Gasteiger partial charge in [-0.1, -0.05) is 25.0 Å². The number of halogens is 3. The van der Waals surface area contributed by atoms with E-state index in [-0.39, 0.29) is 17.9 Å². The monoisotopic (exact) mass is 315 g/mol. The molecular weight excluding hydrogens is 295 g/mol. The number of benzene rings is 1. The van der Waals surface area contributed by atoms with Gasteiger partial charge in [0, 0.05) is 6.54 Å². The molecule has 1 aromatic rings. The zero-order valence-electron chi connectivity index (χ0n) is 12.2. The van der Waals surface area contributed by atoms with Gasteiger partial charge in [0.1, 0.15) is 0 Å². The first-order chi connectivity index (χ1) is 10.4. The zero-order chi connectivity index (χ0) is 16.2. The molecule has 0 heterocycles. The van der Waals surface area contributed by atoms with Crippen molar-refractivity contribution >= 4 is 5.97 Å². The lowest BCUT2D eigenvalue weighted by Gasteiger charge is -2.33. The molecule has 1 fully saturated rings. The predicted octanol–water partition coefficient (Wildman–Crippen LogP) is 3.84. The van der Waals surface area contributed by atoms with Crippen LogP contribution < -0.4 is 5.32 Å². The first-order valence-corrected chi connectivity index (χ1v) is 7.47. The molecule has 0 aromatic heterocycles. The molecule has 0 spiro atoms. The van der Waals surface area contributed by atoms with E-state index in [1.165, 1.54) is 12.1 Å². The molecule has 0 radical (unpaired) electrons. The van der Waals surface area contributed by atoms with Crippen LogP contribution in [0.1, 0.15) is 41.6 Å². The summed E-state index contributed by atoms with van der Waals surface area (Å²) in [7, 11) is 0. The SMILES string of the molecule is O=C(O)c1ccc(CNCC2CCCCC2C(F)(F)F)cc1. The number of hydrogen-bond acceptors (Lipinski definition) is 2. The van der Waals surface area contributed by atoms with Crippen LogP contribution >= 0.6 is 0 Å². The van der Waals surface area contributed by atoms with Crippen LogP contribution in [0.4, 0.5) is 13.2 Å². The molecule has 1 aliphatic rings. The van der Waals surface area contributed by atoms with Crippen molar-refractivity contribution in [1.29, 1.82) is 0 Å². The Morgan fingerprint density at radius 2 is 1.82 bits per heavy atom. The van der Waals surface area contributed by atoms with E-state index in [4.69, 9.17) is 5.11 Å². The van der Waals surface area contributed by atoms with Gasteiger partial charge < -0.3 is 10.4 Å². The van der Waals surface area contributed by atoms with Crippen molar-refractivity contribution in [3.63, 3.8) is 0 Å². The molecule has 0 bridgehead atoms. The average molecular weight is 315 g/mol. The largest absolute Gasteiger partial charge is 0.478 e. The molecule has 2 atom stereocenters. The number of alkyl halides is 3. The standard InChI is InChI=1S/C16H20F3NO2/c17-16(18,19)14-4-2-1-3-13(14)10-20-9-11-5-7-12(8-6-11)15(21)22/h5-8,13-14,20H,1-4,9-10H2,(H,21,22). The molecule has 2 N–H and O–H groups in total. The summed E-state index contributed by atoms with van der Waals surface area (Å²) < 4.78 is 38.9. The maximum atomic E-state index is 13.0. The molecule has 1 saturated carbocycles. The minimum Gasteiger partial charge on any atom is -0.478 e. The predicted molar refractivity (Wildman–Crippen MR) is 76.6 cm³/mol. The van der Waals surface area contributed by atoms with Crippen molar-refractivity contribution in [1.82, 2.24) is 5.32 Å². The Kier molecular flexibility index (Phi) is 5.45. The molecule has 1 aliphatic carbocycles. The summed E-state index contributed by atoms with van der Waals surface area (Å²) in [4.78, 5) is 10.7. The van der Waals surface area contributed by atoms with Crippen molar-refractivity contribution in [2.75, 3.05) is 6.54 Å². The first-order valence-electron chi connectivity index (χ1n) is 7.47. The van der Waals surface area contributed by atoms with E-state index in [2.05, 4.69) is 5.32 Å². The minimum absolute atomic E-state index is 0.202. The molecule has 0 aliphatic heterocycles. The van der Waals surface area contributed by atoms with E-state index in [1.807, 2.05) is 0 Å². The summed E-state index contributed by atoms with van der Waals surface area (Å²) in [5.41, 5.74) is 1.07. The van der Waals surface area contributed by atoms with Crippen molar-refractivity contribution in [2.24, 2.45) is 11.8 Å². The van der Waals surface area contributed by atoms with Crippen LogP contribution in [0, 0.1) is 11.8 Å². The van der Waals surface area contributed by atoms with Gasteiger partial charge in [-0.15, -0.1) is 0 Å². The third kappa shape index (κ3) is 4.47. The Hall–Kier alpha value is -1.56. The van der Waals surface area contributed by atoms with E-state index >= 15 is 0 Å². The maximum Gasteiger partial charge on any atom is 0.392 e. The van der Waals surface area contributed by atoms with Crippen molar-refractivity contribution in [2.45, 2.75) is 38.4 Å². The van der Waals surface area contributed by atoms with E-state index in [1.54, 1.807) is 12.1 Å². The number of carbonyl (C=O) groups is 1. The fourth-order valence-corrected chi connectivity index (χ4v) is 3.05. The molecule has 0 amide bonds. The van der Waals surface area contributed by atoms with Gasteiger partial charge >= 0.3 is 12.1 Å². The number of hydrogen-bond donors (Lipinski definition) is 2. The molecule has 2 rings (SSSR count). The topological polar surface area (TPSA) is 49.3 Å². The third-order valence-electron chi connectivity index (χ3n) is 4.27. The van der Waals surface area contributed by atoms with E-state index in [9.17, 15) is 18.0 Å². The number of aromatic carboxylic acids is 1. The molecule has 3 nitrogen and oxygen atoms in total. The Labute approximate surface area is 127 Å². The van der Waals surface area contributed by atoms with Crippen molar-refractivity contribution in [3.8, 4) is 0 Å². The van der Waals surface area contributed by atoms with Crippen LogP contribution in [0.5, 0.6) is 0 Å². The number of carboxylic acids is 1. The maximum absolute atomic E-state index is 13.0. The molecular formula is C16H20F3NO2. The van der Waals surface area contributed by atoms with Crippen LogP contribution in [-0.2, 0) is 6.54 Å². The molecule has 1 aromatic carbocycles. The Morgan fingerprint density at radius 3 is 2.41 bits per heavy atom. The van der Waals surface area contributed by atoms with Gasteiger partial charge in [0.2, 0.25) is 0 Å². The number of carboxylic acid groups (broad SMARTS) is 1. The number of rotatable bonds is 5. The van der Waals surface area contributed by atoms with Gasteiger partial charge in [0.05, 0.1) is 11.5 Å². The Morgan fingerprint density at radius 1 is 1.18 bits per heavy atom. The summed E-state index contributed by atoms with van der Waals surface area (Å²) in [6.07, 6.45) is -1.78. The summed E-state index contributed by atoms with van der Waals surface area (Å²) >= 11 is 0. The summed E-state index contributed by atoms with van der Waals surface area (Å²) in [6.45, 7) is 0.784. The first kappa shape index (κ1) is 16.8. The minimum atomic E-state index is -4.12. The quantitative estimate of drug-likeness (QED) is 0.868. The van der Waals surface area contributed by atoms with Gasteiger partial charge in [0.15, 0.2) is 0 Å². The van der Waals surface area contributed by atoms with Crippen LogP contribution in [-0.4, -0.2) is 23.8 Å². The van der Waals surface area contributed by atoms with Gasteiger partial charge in [-0.05, 0) is 43.0 Å². The van der Waals surface area contributed by atoms with Gasteiger partial charge in [-0.2, -0.15) is 13.2 Å². The van der Waals surface area contributed by atoms with E-state index in [0.717, 1.165) is 12.0 Å². The van der Waals surface area contributed by atoms with Gasteiger partial charge in [-0.25, -0.2) is 4.79 Å². The lowest BCUT2D eigenvalue weighted by atomic mass is 9.78. The molecule has 6 heteroatoms. The van der Waals surface area contributed by atoms with Crippen molar-refractivity contribution in [3.05, 3.63) is 35.4 Å². The Balaban J connectivity index is 1.85. The van der Waals surface area contributed by atoms with Crippen LogP contribution in [0.15, 0.2) is 24.3 Å². The number of nitrogens with one attached hydrogen (secondary N) is 1. The molecule has 2 unspecified atom stereocenters. The lowest BCUT2D eigenvalue weighted by Crippen LogP contribution is -2.38. The summed E-state index contributed by atoms with van der Waals surface area (Å²) in [6, 6.07) is 6.36. The second-order valence-corrected chi connectivity index (χ2v) is 5.83.